The van der Waals surface area contributed by atoms with Gasteiger partial charge in [-0.2, -0.15) is 5.10 Å². The Bertz CT molecular complexity index is 1170. The Kier molecular flexibility index (Phi) is 3.87. The summed E-state index contributed by atoms with van der Waals surface area (Å²) in [4.78, 5) is 4.40. The maximum atomic E-state index is 10.4. The van der Waals surface area contributed by atoms with Crippen LogP contribution in [-0.4, -0.2) is 39.5 Å². The topological polar surface area (TPSA) is 109 Å². The predicted octanol–water partition coefficient (Wildman–Crippen LogP) is 3.39. The molecule has 0 saturated carbocycles. The van der Waals surface area contributed by atoms with Gasteiger partial charge in [0.25, 0.3) is 0 Å². The first-order valence-electron chi connectivity index (χ1n) is 9.06. The fourth-order valence-electron chi connectivity index (χ4n) is 3.44. The van der Waals surface area contributed by atoms with Crippen LogP contribution < -0.4 is 11.1 Å². The number of aromatic hydroxyl groups is 1. The number of H-pyrrole nitrogens is 1. The molecule has 0 atom stereocenters. The second-order valence-electron chi connectivity index (χ2n) is 6.88. The van der Waals surface area contributed by atoms with Gasteiger partial charge in [0.2, 0.25) is 0 Å². The van der Waals surface area contributed by atoms with E-state index in [-0.39, 0.29) is 5.75 Å². The number of hydrogen-bond acceptors (Lipinski definition) is 6. The molecular weight excluding hydrogens is 354 g/mol. The van der Waals surface area contributed by atoms with Gasteiger partial charge >= 0.3 is 0 Å². The van der Waals surface area contributed by atoms with Crippen LogP contribution >= 0.6 is 0 Å². The molecule has 0 bridgehead atoms. The van der Waals surface area contributed by atoms with Gasteiger partial charge in [-0.3, -0.25) is 5.10 Å². The van der Waals surface area contributed by atoms with Crippen LogP contribution in [0.25, 0.3) is 33.2 Å². The zero-order valence-corrected chi connectivity index (χ0v) is 15.0. The van der Waals surface area contributed by atoms with E-state index in [9.17, 15) is 5.11 Å². The van der Waals surface area contributed by atoms with Gasteiger partial charge in [-0.25, -0.2) is 4.98 Å². The number of aromatic nitrogens is 3. The van der Waals surface area contributed by atoms with E-state index in [0.29, 0.717) is 25.1 Å². The summed E-state index contributed by atoms with van der Waals surface area (Å²) in [5, 5.41) is 21.7. The van der Waals surface area contributed by atoms with E-state index in [4.69, 9.17) is 10.5 Å². The fraction of sp³-hybridized carbons (Fsp3) is 0.143. The molecule has 0 amide bonds. The quantitative estimate of drug-likeness (QED) is 0.437. The minimum absolute atomic E-state index is 0.205. The molecule has 1 fully saturated rings. The smallest absolute Gasteiger partial charge is 0.153 e. The number of rotatable bonds is 4. The van der Waals surface area contributed by atoms with Crippen molar-refractivity contribution in [2.24, 2.45) is 0 Å². The highest BCUT2D eigenvalue weighted by molar-refractivity contribution is 6.03. The molecule has 140 valence electrons. The number of benzene rings is 2. The molecule has 0 radical (unpaired) electrons. The number of nitrogens with two attached hydrogens (primary N) is 1. The summed E-state index contributed by atoms with van der Waals surface area (Å²) in [6.45, 7) is 1.39. The highest BCUT2D eigenvalue weighted by atomic mass is 16.5. The van der Waals surface area contributed by atoms with Gasteiger partial charge in [0.05, 0.1) is 24.8 Å². The molecule has 4 aromatic rings. The van der Waals surface area contributed by atoms with E-state index in [2.05, 4.69) is 20.5 Å². The average molecular weight is 373 g/mol. The molecule has 7 nitrogen and oxygen atoms in total. The van der Waals surface area contributed by atoms with Crippen LogP contribution in [0, 0.1) is 0 Å². The van der Waals surface area contributed by atoms with Crippen molar-refractivity contribution < 1.29 is 9.84 Å². The van der Waals surface area contributed by atoms with Gasteiger partial charge in [-0.1, -0.05) is 18.2 Å². The molecule has 0 unspecified atom stereocenters. The summed E-state index contributed by atoms with van der Waals surface area (Å²) < 4.78 is 5.21. The van der Waals surface area contributed by atoms with Crippen LogP contribution in [0.15, 0.2) is 54.7 Å². The average Bonchev–Trinajstić information content (AvgIpc) is 3.06. The molecule has 2 aromatic heterocycles. The molecule has 1 saturated heterocycles. The molecule has 0 aliphatic carbocycles. The van der Waals surface area contributed by atoms with Crippen molar-refractivity contribution in [2.45, 2.75) is 6.04 Å². The van der Waals surface area contributed by atoms with E-state index >= 15 is 0 Å². The number of phenolic OH excluding ortho intramolecular Hbond substituents is 1. The van der Waals surface area contributed by atoms with Crippen LogP contribution in [0.1, 0.15) is 0 Å². The van der Waals surface area contributed by atoms with E-state index in [1.807, 2.05) is 36.4 Å². The molecule has 5 N–H and O–H groups in total. The highest BCUT2D eigenvalue weighted by Crippen LogP contribution is 2.38. The predicted molar refractivity (Wildman–Crippen MR) is 109 cm³/mol. The van der Waals surface area contributed by atoms with E-state index in [1.165, 1.54) is 0 Å². The zero-order valence-electron chi connectivity index (χ0n) is 15.0. The van der Waals surface area contributed by atoms with Gasteiger partial charge in [-0.15, -0.1) is 0 Å². The highest BCUT2D eigenvalue weighted by Gasteiger charge is 2.19. The Morgan fingerprint density at radius 3 is 2.71 bits per heavy atom. The van der Waals surface area contributed by atoms with E-state index in [0.717, 1.165) is 39.0 Å². The lowest BCUT2D eigenvalue weighted by molar-refractivity contribution is 0.0209. The zero-order chi connectivity index (χ0) is 19.1. The first-order valence-corrected chi connectivity index (χ1v) is 9.06. The molecular formula is C21H19N5O2. The van der Waals surface area contributed by atoms with Gasteiger partial charge in [0, 0.05) is 22.7 Å². The summed E-state index contributed by atoms with van der Waals surface area (Å²) in [7, 11) is 0. The summed E-state index contributed by atoms with van der Waals surface area (Å²) in [6.07, 6.45) is 1.78. The number of phenols is 1. The van der Waals surface area contributed by atoms with Gasteiger partial charge in [0.1, 0.15) is 11.6 Å². The SMILES string of the molecule is Nc1n[nH]c2c(-c3ccccc3O)cc(-c3ccnc(NC4COC4)c3)cc12. The van der Waals surface area contributed by atoms with Crippen molar-refractivity contribution in [1.29, 1.82) is 0 Å². The third-order valence-electron chi connectivity index (χ3n) is 4.98. The number of para-hydroxylation sites is 1. The van der Waals surface area contributed by atoms with Crippen LogP contribution in [0.2, 0.25) is 0 Å². The third kappa shape index (κ3) is 2.82. The number of nitrogens with one attached hydrogen (secondary N) is 2. The Hall–Kier alpha value is -3.58. The standard InChI is InChI=1S/C21H19N5O2/c22-21-17-8-13(12-5-6-23-19(9-12)24-14-10-28-11-14)7-16(20(17)25-26-21)15-3-1-2-4-18(15)27/h1-9,14,27H,10-11H2,(H,23,24)(H3,22,25,26). The molecule has 5 rings (SSSR count). The van der Waals surface area contributed by atoms with Crippen molar-refractivity contribution in [1.82, 2.24) is 15.2 Å². The second-order valence-corrected chi connectivity index (χ2v) is 6.88. The number of anilines is 2. The Labute approximate surface area is 161 Å². The lowest BCUT2D eigenvalue weighted by Gasteiger charge is -2.27. The molecule has 28 heavy (non-hydrogen) atoms. The minimum atomic E-state index is 0.205. The first-order chi connectivity index (χ1) is 13.7. The van der Waals surface area contributed by atoms with Crippen molar-refractivity contribution in [2.75, 3.05) is 24.3 Å². The number of aromatic amines is 1. The third-order valence-corrected chi connectivity index (χ3v) is 4.98. The fourth-order valence-corrected chi connectivity index (χ4v) is 3.44. The molecule has 7 heteroatoms. The minimum Gasteiger partial charge on any atom is -0.507 e. The lowest BCUT2D eigenvalue weighted by Crippen LogP contribution is -2.40. The Morgan fingerprint density at radius 2 is 1.93 bits per heavy atom. The normalized spacial score (nSPS) is 14.1. The Morgan fingerprint density at radius 1 is 1.07 bits per heavy atom. The summed E-state index contributed by atoms with van der Waals surface area (Å²) >= 11 is 0. The van der Waals surface area contributed by atoms with Crippen molar-refractivity contribution in [3.05, 3.63) is 54.7 Å². The molecule has 0 spiro atoms. The number of ether oxygens (including phenoxy) is 1. The van der Waals surface area contributed by atoms with Crippen molar-refractivity contribution in [3.63, 3.8) is 0 Å². The summed E-state index contributed by atoms with van der Waals surface area (Å²) in [5.74, 6) is 1.43. The van der Waals surface area contributed by atoms with Crippen LogP contribution in [0.4, 0.5) is 11.6 Å². The van der Waals surface area contributed by atoms with Crippen LogP contribution in [0.5, 0.6) is 5.75 Å². The molecule has 1 aliphatic heterocycles. The second kappa shape index (κ2) is 6.54. The molecule has 2 aromatic carbocycles. The number of pyridine rings is 1. The van der Waals surface area contributed by atoms with Gasteiger partial charge in [-0.05, 0) is 41.5 Å². The van der Waals surface area contributed by atoms with E-state index in [1.54, 1.807) is 18.3 Å². The number of nitrogens with zero attached hydrogens (tertiary/aromatic N) is 2. The van der Waals surface area contributed by atoms with Gasteiger partial charge < -0.3 is 20.9 Å². The largest absolute Gasteiger partial charge is 0.507 e. The number of nitrogen functional groups attached to an aromatic ring is 1. The molecule has 3 heterocycles. The summed E-state index contributed by atoms with van der Waals surface area (Å²) in [5.41, 5.74) is 10.4. The maximum absolute atomic E-state index is 10.4. The van der Waals surface area contributed by atoms with Crippen molar-refractivity contribution in [3.8, 4) is 28.0 Å². The number of hydrogen-bond donors (Lipinski definition) is 4. The monoisotopic (exact) mass is 373 g/mol. The lowest BCUT2D eigenvalue weighted by atomic mass is 9.96. The maximum Gasteiger partial charge on any atom is 0.153 e. The van der Waals surface area contributed by atoms with Crippen LogP contribution in [0.3, 0.4) is 0 Å². The number of fused-ring (bicyclic) bond motifs is 1. The first kappa shape index (κ1) is 16.6. The van der Waals surface area contributed by atoms with E-state index < -0.39 is 0 Å². The summed E-state index contributed by atoms with van der Waals surface area (Å²) in [6, 6.07) is 15.5. The molecule has 1 aliphatic rings. The Balaban J connectivity index is 1.65. The van der Waals surface area contributed by atoms with Crippen molar-refractivity contribution >= 4 is 22.5 Å². The van der Waals surface area contributed by atoms with Gasteiger partial charge in [0.15, 0.2) is 5.82 Å². The van der Waals surface area contributed by atoms with Crippen LogP contribution in [-0.2, 0) is 4.74 Å².